The Labute approximate surface area is 132 Å². The summed E-state index contributed by atoms with van der Waals surface area (Å²) >= 11 is 0. The first kappa shape index (κ1) is 16.6. The Hall–Kier alpha value is -1.81. The van der Waals surface area contributed by atoms with E-state index in [1.807, 2.05) is 30.3 Å². The summed E-state index contributed by atoms with van der Waals surface area (Å²) in [5.74, 6) is 1.64. The highest BCUT2D eigenvalue weighted by molar-refractivity contribution is 5.58. The van der Waals surface area contributed by atoms with Crippen molar-refractivity contribution in [1.29, 1.82) is 0 Å². The predicted molar refractivity (Wildman–Crippen MR) is 88.7 cm³/mol. The van der Waals surface area contributed by atoms with Crippen LogP contribution in [0.4, 0.5) is 0 Å². The first-order valence-corrected chi connectivity index (χ1v) is 8.22. The van der Waals surface area contributed by atoms with Crippen molar-refractivity contribution in [2.24, 2.45) is 5.73 Å². The van der Waals surface area contributed by atoms with E-state index in [1.54, 1.807) is 0 Å². The molecule has 0 unspecified atom stereocenters. The van der Waals surface area contributed by atoms with Crippen LogP contribution in [0.5, 0.6) is 5.75 Å². The monoisotopic (exact) mass is 302 g/mol. The third-order valence-corrected chi connectivity index (χ3v) is 3.67. The van der Waals surface area contributed by atoms with Crippen LogP contribution in [0.25, 0.3) is 11.3 Å². The average Bonchev–Trinajstić information content (AvgIpc) is 3.04. The SMILES string of the molecule is CCCCCCCCOc1ccc(-c2cc(CN)no2)cc1. The van der Waals surface area contributed by atoms with Crippen LogP contribution in [0.1, 0.15) is 51.1 Å². The molecule has 0 amide bonds. The molecule has 0 atom stereocenters. The lowest BCUT2D eigenvalue weighted by atomic mass is 10.1. The minimum Gasteiger partial charge on any atom is -0.494 e. The van der Waals surface area contributed by atoms with Gasteiger partial charge in [0.1, 0.15) is 5.75 Å². The highest BCUT2D eigenvalue weighted by Crippen LogP contribution is 2.23. The van der Waals surface area contributed by atoms with Crippen molar-refractivity contribution in [3.05, 3.63) is 36.0 Å². The lowest BCUT2D eigenvalue weighted by Crippen LogP contribution is -1.97. The van der Waals surface area contributed by atoms with E-state index >= 15 is 0 Å². The van der Waals surface area contributed by atoms with Gasteiger partial charge in [-0.2, -0.15) is 0 Å². The van der Waals surface area contributed by atoms with Gasteiger partial charge >= 0.3 is 0 Å². The van der Waals surface area contributed by atoms with Crippen LogP contribution in [0.3, 0.4) is 0 Å². The summed E-state index contributed by atoms with van der Waals surface area (Å²) in [6.45, 7) is 3.41. The Morgan fingerprint density at radius 3 is 2.45 bits per heavy atom. The van der Waals surface area contributed by atoms with Crippen LogP contribution in [-0.2, 0) is 6.54 Å². The molecule has 0 fully saturated rings. The molecule has 2 rings (SSSR count). The molecule has 0 aliphatic carbocycles. The highest BCUT2D eigenvalue weighted by atomic mass is 16.5. The molecule has 1 heterocycles. The van der Waals surface area contributed by atoms with E-state index in [0.29, 0.717) is 6.54 Å². The number of benzene rings is 1. The number of aromatic nitrogens is 1. The van der Waals surface area contributed by atoms with E-state index < -0.39 is 0 Å². The topological polar surface area (TPSA) is 61.3 Å². The Bertz CT molecular complexity index is 534. The molecule has 120 valence electrons. The van der Waals surface area contributed by atoms with Gasteiger partial charge in [-0.3, -0.25) is 0 Å². The van der Waals surface area contributed by atoms with Gasteiger partial charge in [0.05, 0.1) is 12.3 Å². The first-order chi connectivity index (χ1) is 10.8. The van der Waals surface area contributed by atoms with Gasteiger partial charge in [-0.1, -0.05) is 44.2 Å². The summed E-state index contributed by atoms with van der Waals surface area (Å²) < 4.78 is 11.0. The fourth-order valence-electron chi connectivity index (χ4n) is 2.33. The third-order valence-electron chi connectivity index (χ3n) is 3.67. The molecular formula is C18H26N2O2. The molecule has 2 N–H and O–H groups in total. The van der Waals surface area contributed by atoms with E-state index in [-0.39, 0.29) is 0 Å². The van der Waals surface area contributed by atoms with E-state index in [4.69, 9.17) is 15.0 Å². The maximum absolute atomic E-state index is 5.76. The smallest absolute Gasteiger partial charge is 0.167 e. The summed E-state index contributed by atoms with van der Waals surface area (Å²) in [4.78, 5) is 0. The molecule has 4 heteroatoms. The largest absolute Gasteiger partial charge is 0.494 e. The van der Waals surface area contributed by atoms with Gasteiger partial charge in [0.25, 0.3) is 0 Å². The molecule has 1 aromatic carbocycles. The van der Waals surface area contributed by atoms with Crippen molar-refractivity contribution in [2.75, 3.05) is 6.61 Å². The number of nitrogens with zero attached hydrogens (tertiary/aromatic N) is 1. The summed E-state index contributed by atoms with van der Waals surface area (Å²) in [6, 6.07) is 9.77. The minimum absolute atomic E-state index is 0.392. The fraction of sp³-hybridized carbons (Fsp3) is 0.500. The number of rotatable bonds is 10. The standard InChI is InChI=1S/C18H26N2O2/c1-2-3-4-5-6-7-12-21-17-10-8-15(9-11-17)18-13-16(14-19)20-22-18/h8-11,13H,2-7,12,14,19H2,1H3. The molecule has 0 saturated carbocycles. The Morgan fingerprint density at radius 2 is 1.77 bits per heavy atom. The van der Waals surface area contributed by atoms with Crippen molar-refractivity contribution in [3.8, 4) is 17.1 Å². The van der Waals surface area contributed by atoms with E-state index in [0.717, 1.165) is 35.8 Å². The molecule has 22 heavy (non-hydrogen) atoms. The van der Waals surface area contributed by atoms with Crippen molar-refractivity contribution >= 4 is 0 Å². The molecule has 2 aromatic rings. The molecule has 0 spiro atoms. The minimum atomic E-state index is 0.392. The molecule has 0 aliphatic heterocycles. The summed E-state index contributed by atoms with van der Waals surface area (Å²) in [5.41, 5.74) is 7.28. The van der Waals surface area contributed by atoms with Crippen molar-refractivity contribution < 1.29 is 9.26 Å². The van der Waals surface area contributed by atoms with Gasteiger partial charge in [0, 0.05) is 18.2 Å². The summed E-state index contributed by atoms with van der Waals surface area (Å²) in [5, 5.41) is 3.89. The third kappa shape index (κ3) is 5.19. The number of hydrogen-bond donors (Lipinski definition) is 1. The first-order valence-electron chi connectivity index (χ1n) is 8.22. The van der Waals surface area contributed by atoms with Crippen LogP contribution in [0.15, 0.2) is 34.9 Å². The van der Waals surface area contributed by atoms with Crippen LogP contribution in [0, 0.1) is 0 Å². The molecule has 0 saturated heterocycles. The molecule has 0 radical (unpaired) electrons. The van der Waals surface area contributed by atoms with Crippen LogP contribution in [-0.4, -0.2) is 11.8 Å². The maximum atomic E-state index is 5.76. The number of hydrogen-bond acceptors (Lipinski definition) is 4. The van der Waals surface area contributed by atoms with Gasteiger partial charge in [-0.05, 0) is 30.7 Å². The molecule has 0 bridgehead atoms. The second-order valence-corrected chi connectivity index (χ2v) is 5.53. The van der Waals surface area contributed by atoms with Gasteiger partial charge in [-0.15, -0.1) is 0 Å². The number of unbranched alkanes of at least 4 members (excludes halogenated alkanes) is 5. The molecule has 1 aromatic heterocycles. The maximum Gasteiger partial charge on any atom is 0.167 e. The van der Waals surface area contributed by atoms with E-state index in [2.05, 4.69) is 12.1 Å². The lowest BCUT2D eigenvalue weighted by molar-refractivity contribution is 0.304. The normalized spacial score (nSPS) is 10.8. The second-order valence-electron chi connectivity index (χ2n) is 5.53. The van der Waals surface area contributed by atoms with Gasteiger partial charge in [0.2, 0.25) is 0 Å². The van der Waals surface area contributed by atoms with Crippen molar-refractivity contribution in [3.63, 3.8) is 0 Å². The van der Waals surface area contributed by atoms with Crippen LogP contribution < -0.4 is 10.5 Å². The number of ether oxygens (including phenoxy) is 1. The zero-order valence-electron chi connectivity index (χ0n) is 13.4. The predicted octanol–water partition coefficient (Wildman–Crippen LogP) is 4.54. The van der Waals surface area contributed by atoms with Crippen molar-refractivity contribution in [2.45, 2.75) is 52.0 Å². The van der Waals surface area contributed by atoms with Crippen LogP contribution >= 0.6 is 0 Å². The fourth-order valence-corrected chi connectivity index (χ4v) is 2.33. The van der Waals surface area contributed by atoms with Gasteiger partial charge < -0.3 is 15.0 Å². The Kier molecular flexibility index (Phi) is 6.97. The quantitative estimate of drug-likeness (QED) is 0.654. The second kappa shape index (κ2) is 9.26. The molecule has 4 nitrogen and oxygen atoms in total. The van der Waals surface area contributed by atoms with Crippen LogP contribution in [0.2, 0.25) is 0 Å². The highest BCUT2D eigenvalue weighted by Gasteiger charge is 2.05. The summed E-state index contributed by atoms with van der Waals surface area (Å²) in [7, 11) is 0. The average molecular weight is 302 g/mol. The lowest BCUT2D eigenvalue weighted by Gasteiger charge is -2.06. The number of nitrogens with two attached hydrogens (primary N) is 1. The van der Waals surface area contributed by atoms with E-state index in [9.17, 15) is 0 Å². The Morgan fingerprint density at radius 1 is 1.05 bits per heavy atom. The van der Waals surface area contributed by atoms with Crippen molar-refractivity contribution in [1.82, 2.24) is 5.16 Å². The molecule has 0 aliphatic rings. The summed E-state index contributed by atoms with van der Waals surface area (Å²) in [6.07, 6.45) is 7.65. The van der Waals surface area contributed by atoms with Gasteiger partial charge in [-0.25, -0.2) is 0 Å². The zero-order chi connectivity index (χ0) is 15.6. The van der Waals surface area contributed by atoms with E-state index in [1.165, 1.54) is 32.1 Å². The Balaban J connectivity index is 1.72. The zero-order valence-corrected chi connectivity index (χ0v) is 13.4. The van der Waals surface area contributed by atoms with Gasteiger partial charge in [0.15, 0.2) is 5.76 Å². The molecular weight excluding hydrogens is 276 g/mol.